The number of piperidine rings is 2. The van der Waals surface area contributed by atoms with Crippen LogP contribution in [0, 0.1) is 17.8 Å². The van der Waals surface area contributed by atoms with Gasteiger partial charge >= 0.3 is 13.3 Å². The molecule has 3 aromatic carbocycles. The van der Waals surface area contributed by atoms with E-state index in [1.807, 2.05) is 13.0 Å². The van der Waals surface area contributed by atoms with Crippen molar-refractivity contribution in [1.82, 2.24) is 35.6 Å². The van der Waals surface area contributed by atoms with Crippen molar-refractivity contribution in [2.75, 3.05) is 19.6 Å². The molecule has 3 saturated heterocycles. The highest BCUT2D eigenvalue weighted by atomic mass is 31.2. The number of amides is 8. The molecule has 1 aromatic heterocycles. The Kier molecular flexibility index (Phi) is 18.9. The fraction of sp³-hybridized carbons (Fsp3) is 0.448. The van der Waals surface area contributed by atoms with Crippen molar-refractivity contribution in [3.05, 3.63) is 112 Å². The fourth-order valence-electron chi connectivity index (χ4n) is 11.1. The summed E-state index contributed by atoms with van der Waals surface area (Å²) >= 11 is 0. The zero-order chi connectivity index (χ0) is 58.2. The standard InChI is InChI=1S/C58H65F2N8O12P/c1-2-3-17-46(64-52(72)39-30-38-31-40(19-20-44(38)62-33-39)58(59,60)81(78,79)80)57(77)67-27-10-18-47(67)53(73)63-45(21-23-50(61)70)49(69)32-42(36-12-5-4-6-13-36)55(75)66-28-25-35(26-29-66)11-7-8-14-37-15-9-16-41-43(37)34-68(56(41)76)48-22-24-51(71)65-54(48)74/h4-6,9,12-13,15-16,19-20,30-31,33,35,42,45-48H,2-3,7,10-11,17-18,21-29,32,34H2,1H3,(H2,61,70)(H,63,73)(H,64,72)(H,65,71,74)(H2,78,79,80)/t42-,45-,46-,47-,48?/m0/s1. The van der Waals surface area contributed by atoms with Crippen molar-refractivity contribution in [2.24, 2.45) is 11.7 Å². The number of primary amides is 1. The first kappa shape index (κ1) is 59.4. The van der Waals surface area contributed by atoms with E-state index < -0.39 is 84.2 Å². The number of aromatic nitrogens is 1. The lowest BCUT2D eigenvalue weighted by Crippen LogP contribution is -2.55. The second kappa shape index (κ2) is 25.8. The summed E-state index contributed by atoms with van der Waals surface area (Å²) in [7, 11) is -5.90. The molecule has 7 N–H and O–H groups in total. The van der Waals surface area contributed by atoms with Crippen LogP contribution < -0.4 is 21.7 Å². The number of ketones is 1. The number of alkyl halides is 2. The molecule has 81 heavy (non-hydrogen) atoms. The molecule has 1 unspecified atom stereocenters. The van der Waals surface area contributed by atoms with E-state index >= 15 is 0 Å². The van der Waals surface area contributed by atoms with Gasteiger partial charge in [-0.25, -0.2) is 0 Å². The number of carbonyl (C=O) groups is 9. The van der Waals surface area contributed by atoms with Crippen LogP contribution in [0.4, 0.5) is 8.78 Å². The lowest BCUT2D eigenvalue weighted by Gasteiger charge is -2.34. The maximum absolute atomic E-state index is 14.6. The highest BCUT2D eigenvalue weighted by molar-refractivity contribution is 7.52. The van der Waals surface area contributed by atoms with Crippen molar-refractivity contribution in [1.29, 1.82) is 0 Å². The SMILES string of the molecule is CCCC[C@H](NC(=O)c1cnc2ccc(C(F)(F)P(=O)(O)O)cc2c1)C(=O)N1CCC[C@H]1C(=O)N[C@@H](CCC(N)=O)C(=O)C[C@H](C(=O)N1CCC(CCC#Cc2cccc3c2CN(C2CCC(=O)NC2=O)C3=O)CC1)c1ccccc1. The Morgan fingerprint density at radius 1 is 0.901 bits per heavy atom. The fourth-order valence-corrected chi connectivity index (χ4v) is 11.5. The van der Waals surface area contributed by atoms with Gasteiger partial charge in [-0.05, 0) is 98.7 Å². The second-order valence-electron chi connectivity index (χ2n) is 21.1. The van der Waals surface area contributed by atoms with Gasteiger partial charge in [0, 0.05) is 80.1 Å². The molecular formula is C58H65F2N8O12P. The van der Waals surface area contributed by atoms with Crippen LogP contribution in [-0.2, 0) is 50.3 Å². The molecule has 428 valence electrons. The molecular weight excluding hydrogens is 1070 g/mol. The summed E-state index contributed by atoms with van der Waals surface area (Å²) in [6, 6.07) is 13.9. The molecule has 4 aliphatic rings. The molecule has 23 heteroatoms. The number of unbranched alkanes of at least 4 members (excludes halogenated alkanes) is 1. The zero-order valence-electron chi connectivity index (χ0n) is 44.7. The van der Waals surface area contributed by atoms with Gasteiger partial charge in [0.05, 0.1) is 23.0 Å². The number of benzene rings is 3. The van der Waals surface area contributed by atoms with Gasteiger partial charge in [0.1, 0.15) is 18.1 Å². The summed E-state index contributed by atoms with van der Waals surface area (Å²) in [5, 5.41) is 7.77. The summed E-state index contributed by atoms with van der Waals surface area (Å²) in [5.41, 5.74) is 2.58. The smallest absolute Gasteiger partial charge is 0.370 e. The van der Waals surface area contributed by atoms with E-state index in [1.54, 1.807) is 47.4 Å². The van der Waals surface area contributed by atoms with Crippen LogP contribution in [-0.4, -0.2) is 126 Å². The number of hydrogen-bond donors (Lipinski definition) is 6. The summed E-state index contributed by atoms with van der Waals surface area (Å²) in [6.45, 7) is 3.08. The van der Waals surface area contributed by atoms with E-state index in [2.05, 4.69) is 32.8 Å². The van der Waals surface area contributed by atoms with Gasteiger partial charge in [0.15, 0.2) is 5.78 Å². The van der Waals surface area contributed by atoms with Crippen LogP contribution in [0.2, 0.25) is 0 Å². The van der Waals surface area contributed by atoms with Gasteiger partial charge in [0.25, 0.3) is 11.8 Å². The average molecular weight is 1140 g/mol. The molecule has 0 aliphatic carbocycles. The Hall–Kier alpha value is -7.73. The number of rotatable bonds is 21. The van der Waals surface area contributed by atoms with Gasteiger partial charge in [-0.3, -0.25) is 58.0 Å². The molecule has 4 aromatic rings. The number of imide groups is 1. The molecule has 0 radical (unpaired) electrons. The minimum absolute atomic E-state index is 0.0182. The summed E-state index contributed by atoms with van der Waals surface area (Å²) < 4.78 is 40.8. The molecule has 5 atom stereocenters. The summed E-state index contributed by atoms with van der Waals surface area (Å²) in [4.78, 5) is 148. The van der Waals surface area contributed by atoms with Crippen molar-refractivity contribution >= 4 is 71.5 Å². The Balaban J connectivity index is 0.891. The maximum atomic E-state index is 14.6. The largest absolute Gasteiger partial charge is 0.399 e. The molecule has 20 nitrogen and oxygen atoms in total. The number of halogens is 2. The highest BCUT2D eigenvalue weighted by Gasteiger charge is 2.50. The van der Waals surface area contributed by atoms with Gasteiger partial charge in [-0.15, -0.1) is 0 Å². The maximum Gasteiger partial charge on any atom is 0.399 e. The predicted molar refractivity (Wildman–Crippen MR) is 290 cm³/mol. The lowest BCUT2D eigenvalue weighted by atomic mass is 9.87. The van der Waals surface area contributed by atoms with Crippen molar-refractivity contribution in [2.45, 2.75) is 139 Å². The lowest BCUT2D eigenvalue weighted by molar-refractivity contribution is -0.141. The molecule has 3 fully saturated rings. The number of fused-ring (bicyclic) bond motifs is 2. The highest BCUT2D eigenvalue weighted by Crippen LogP contribution is 2.59. The van der Waals surface area contributed by atoms with Crippen LogP contribution in [0.3, 0.4) is 0 Å². The number of nitrogens with one attached hydrogen (secondary N) is 3. The van der Waals surface area contributed by atoms with Crippen molar-refractivity contribution < 1.29 is 66.3 Å². The number of nitrogens with zero attached hydrogens (tertiary/aromatic N) is 4. The van der Waals surface area contributed by atoms with E-state index in [9.17, 15) is 66.3 Å². The van der Waals surface area contributed by atoms with Gasteiger partial charge < -0.3 is 40.9 Å². The Bertz CT molecular complexity index is 3230. The predicted octanol–water partition coefficient (Wildman–Crippen LogP) is 5.07. The molecule has 8 amide bonds. The summed E-state index contributed by atoms with van der Waals surface area (Å²) in [6.07, 6.45) is 5.37. The molecule has 0 saturated carbocycles. The van der Waals surface area contributed by atoms with E-state index in [-0.39, 0.29) is 98.1 Å². The quantitative estimate of drug-likeness (QED) is 0.0362. The van der Waals surface area contributed by atoms with E-state index in [0.29, 0.717) is 68.3 Å². The Morgan fingerprint density at radius 3 is 2.36 bits per heavy atom. The molecule has 4 aliphatic heterocycles. The zero-order valence-corrected chi connectivity index (χ0v) is 45.6. The molecule has 8 rings (SSSR count). The van der Waals surface area contributed by atoms with E-state index in [0.717, 1.165) is 30.2 Å². The van der Waals surface area contributed by atoms with Crippen LogP contribution in [0.15, 0.2) is 79.0 Å². The van der Waals surface area contributed by atoms with Crippen molar-refractivity contribution in [3.8, 4) is 11.8 Å². The number of hydrogen-bond acceptors (Lipinski definition) is 11. The van der Waals surface area contributed by atoms with Crippen molar-refractivity contribution in [3.63, 3.8) is 0 Å². The first-order chi connectivity index (χ1) is 38.6. The average Bonchev–Trinajstić information content (AvgIpc) is 4.32. The molecule has 5 heterocycles. The number of Topliss-reactive ketones (excluding diaryl/α,β-unsaturated/α-hetero) is 1. The van der Waals surface area contributed by atoms with Crippen LogP contribution >= 0.6 is 7.60 Å². The van der Waals surface area contributed by atoms with E-state index in [1.165, 1.54) is 22.1 Å². The van der Waals surface area contributed by atoms with Gasteiger partial charge in [-0.1, -0.05) is 74.1 Å². The first-order valence-electron chi connectivity index (χ1n) is 27.3. The Morgan fingerprint density at radius 2 is 1.65 bits per heavy atom. The minimum Gasteiger partial charge on any atom is -0.370 e. The third-order valence-corrected chi connectivity index (χ3v) is 16.6. The third kappa shape index (κ3) is 13.9. The normalized spacial score (nSPS) is 18.8. The number of likely N-dealkylation sites (tertiary alicyclic amines) is 2. The molecule has 0 spiro atoms. The van der Waals surface area contributed by atoms with Gasteiger partial charge in [0.2, 0.25) is 35.4 Å². The first-order valence-corrected chi connectivity index (χ1v) is 28.9. The third-order valence-electron chi connectivity index (χ3n) is 15.6. The topological polar surface area (TPSA) is 296 Å². The van der Waals surface area contributed by atoms with Crippen LogP contribution in [0.5, 0.6) is 0 Å². The van der Waals surface area contributed by atoms with Crippen LogP contribution in [0.25, 0.3) is 10.9 Å². The number of pyridine rings is 1. The second-order valence-corrected chi connectivity index (χ2v) is 22.8. The number of carbonyl (C=O) groups excluding carboxylic acids is 9. The molecule has 0 bridgehead atoms. The van der Waals surface area contributed by atoms with Gasteiger partial charge in [-0.2, -0.15) is 8.78 Å². The minimum atomic E-state index is -5.90. The van der Waals surface area contributed by atoms with Crippen LogP contribution in [0.1, 0.15) is 146 Å². The Labute approximate surface area is 466 Å². The van der Waals surface area contributed by atoms with E-state index in [4.69, 9.17) is 5.73 Å². The monoisotopic (exact) mass is 1130 g/mol. The number of nitrogens with two attached hydrogens (primary N) is 1. The summed E-state index contributed by atoms with van der Waals surface area (Å²) in [5.74, 6) is 1.08.